The smallest absolute Gasteiger partial charge is 0.326 e. The van der Waals surface area contributed by atoms with Crippen molar-refractivity contribution in [2.45, 2.75) is 18.0 Å². The van der Waals surface area contributed by atoms with Gasteiger partial charge in [0, 0.05) is 12.1 Å². The average molecular weight is 501 g/mol. The Bertz CT molecular complexity index is 1180. The molecular weight excluding hydrogens is 475 g/mol. The molecule has 0 spiro atoms. The van der Waals surface area contributed by atoms with E-state index in [4.69, 9.17) is 14.2 Å². The zero-order valence-electron chi connectivity index (χ0n) is 19.3. The molecule has 2 amide bonds. The number of rotatable bonds is 6. The largest absolute Gasteiger partial charge is 0.486 e. The molecule has 4 atom stereocenters. The second-order valence-electron chi connectivity index (χ2n) is 8.72. The molecule has 1 N–H and O–H groups in total. The van der Waals surface area contributed by atoms with E-state index in [-0.39, 0.29) is 6.42 Å². The molecule has 3 heterocycles. The molecule has 2 aromatic carbocycles. The van der Waals surface area contributed by atoms with Gasteiger partial charge in [0.1, 0.15) is 24.6 Å². The third-order valence-corrected chi connectivity index (χ3v) is 7.53. The summed E-state index contributed by atoms with van der Waals surface area (Å²) in [4.78, 5) is 42.1. The Hall–Kier alpha value is -3.11. The second kappa shape index (κ2) is 9.16. The van der Waals surface area contributed by atoms with Gasteiger partial charge in [-0.2, -0.15) is 11.8 Å². The number of amides is 2. The zero-order chi connectivity index (χ0) is 24.7. The van der Waals surface area contributed by atoms with Gasteiger partial charge in [0.15, 0.2) is 11.5 Å². The van der Waals surface area contributed by atoms with Gasteiger partial charge < -0.3 is 14.2 Å². The van der Waals surface area contributed by atoms with Crippen LogP contribution in [0.15, 0.2) is 42.5 Å². The number of thioether (sulfide) groups is 1. The van der Waals surface area contributed by atoms with Gasteiger partial charge in [-0.05, 0) is 48.3 Å². The monoisotopic (exact) mass is 500 g/mol. The Balaban J connectivity index is 1.61. The van der Waals surface area contributed by atoms with Gasteiger partial charge in [0.05, 0.1) is 24.6 Å². The molecule has 3 aliphatic heterocycles. The first-order valence-electron chi connectivity index (χ1n) is 11.3. The maximum atomic E-state index is 13.9. The number of benzene rings is 2. The molecule has 0 aliphatic carbocycles. The van der Waals surface area contributed by atoms with Crippen LogP contribution in [0.25, 0.3) is 0 Å². The third-order valence-electron chi connectivity index (χ3n) is 6.92. The van der Waals surface area contributed by atoms with Crippen molar-refractivity contribution in [3.8, 4) is 11.5 Å². The predicted molar refractivity (Wildman–Crippen MR) is 127 cm³/mol. The summed E-state index contributed by atoms with van der Waals surface area (Å²) in [6.45, 7) is 0.778. The van der Waals surface area contributed by atoms with E-state index >= 15 is 0 Å². The van der Waals surface area contributed by atoms with Crippen LogP contribution in [0.4, 0.5) is 10.1 Å². The molecule has 35 heavy (non-hydrogen) atoms. The SMILES string of the molecule is COC(=O)[C@]1(CCSC)N[C@H](c2ccc(F)cc2)[C@H]2C(=O)N(c3ccc4c(c3)OCCO4)C(=O)[C@@H]21. The number of carbonyl (C=O) groups is 3. The lowest BCUT2D eigenvalue weighted by molar-refractivity contribution is -0.152. The number of halogens is 1. The predicted octanol–water partition coefficient (Wildman–Crippen LogP) is 2.71. The topological polar surface area (TPSA) is 94.2 Å². The highest BCUT2D eigenvalue weighted by Crippen LogP contribution is 2.52. The fourth-order valence-electron chi connectivity index (χ4n) is 5.35. The van der Waals surface area contributed by atoms with Crippen molar-refractivity contribution in [1.82, 2.24) is 5.32 Å². The summed E-state index contributed by atoms with van der Waals surface area (Å²) in [6, 6.07) is 9.94. The van der Waals surface area contributed by atoms with Gasteiger partial charge in [-0.15, -0.1) is 0 Å². The Morgan fingerprint density at radius 2 is 1.86 bits per heavy atom. The van der Waals surface area contributed by atoms with Crippen molar-refractivity contribution in [1.29, 1.82) is 0 Å². The van der Waals surface area contributed by atoms with Crippen LogP contribution in [0.2, 0.25) is 0 Å². The van der Waals surface area contributed by atoms with Crippen molar-refractivity contribution in [2.24, 2.45) is 11.8 Å². The summed E-state index contributed by atoms with van der Waals surface area (Å²) >= 11 is 1.53. The second-order valence-corrected chi connectivity index (χ2v) is 9.71. The first-order chi connectivity index (χ1) is 16.9. The van der Waals surface area contributed by atoms with Crippen LogP contribution in [0.3, 0.4) is 0 Å². The summed E-state index contributed by atoms with van der Waals surface area (Å²) in [5.41, 5.74) is -0.446. The molecular formula is C25H25FN2O6S. The summed E-state index contributed by atoms with van der Waals surface area (Å²) in [7, 11) is 1.27. The van der Waals surface area contributed by atoms with E-state index in [1.165, 1.54) is 31.0 Å². The minimum Gasteiger partial charge on any atom is -0.486 e. The van der Waals surface area contributed by atoms with E-state index in [1.807, 2.05) is 6.26 Å². The fourth-order valence-corrected chi connectivity index (χ4v) is 5.88. The number of esters is 1. The lowest BCUT2D eigenvalue weighted by Crippen LogP contribution is -2.56. The van der Waals surface area contributed by atoms with E-state index in [1.54, 1.807) is 30.3 Å². The van der Waals surface area contributed by atoms with Gasteiger partial charge in [-0.25, -0.2) is 9.29 Å². The molecule has 3 aliphatic rings. The number of nitrogens with zero attached hydrogens (tertiary/aromatic N) is 1. The Morgan fingerprint density at radius 3 is 2.54 bits per heavy atom. The molecule has 0 bridgehead atoms. The highest BCUT2D eigenvalue weighted by Gasteiger charge is 2.68. The molecule has 184 valence electrons. The summed E-state index contributed by atoms with van der Waals surface area (Å²) in [6.07, 6.45) is 2.19. The number of hydrogen-bond donors (Lipinski definition) is 1. The minimum atomic E-state index is -1.41. The summed E-state index contributed by atoms with van der Waals surface area (Å²) in [5.74, 6) is -2.26. The van der Waals surface area contributed by atoms with Gasteiger partial charge >= 0.3 is 5.97 Å². The van der Waals surface area contributed by atoms with Crippen LogP contribution in [-0.4, -0.2) is 55.7 Å². The first kappa shape index (κ1) is 23.6. The van der Waals surface area contributed by atoms with E-state index in [2.05, 4.69) is 5.32 Å². The summed E-state index contributed by atoms with van der Waals surface area (Å²) < 4.78 is 30.0. The van der Waals surface area contributed by atoms with E-state index in [0.717, 1.165) is 4.90 Å². The van der Waals surface area contributed by atoms with Crippen molar-refractivity contribution in [3.63, 3.8) is 0 Å². The highest BCUT2D eigenvalue weighted by molar-refractivity contribution is 7.98. The molecule has 2 saturated heterocycles. The van der Waals surface area contributed by atoms with Gasteiger partial charge in [-0.3, -0.25) is 19.7 Å². The number of ether oxygens (including phenoxy) is 3. The Kier molecular flexibility index (Phi) is 6.18. The number of nitrogens with one attached hydrogen (secondary N) is 1. The number of imide groups is 1. The van der Waals surface area contributed by atoms with Crippen LogP contribution in [-0.2, 0) is 19.1 Å². The van der Waals surface area contributed by atoms with Crippen molar-refractivity contribution in [2.75, 3.05) is 37.2 Å². The third kappa shape index (κ3) is 3.75. The molecule has 0 unspecified atom stereocenters. The minimum absolute atomic E-state index is 0.285. The molecule has 0 aromatic heterocycles. The summed E-state index contributed by atoms with van der Waals surface area (Å²) in [5, 5.41) is 3.29. The molecule has 2 fully saturated rings. The first-order valence-corrected chi connectivity index (χ1v) is 12.7. The Labute approximate surface area is 206 Å². The number of fused-ring (bicyclic) bond motifs is 2. The van der Waals surface area contributed by atoms with Crippen LogP contribution in [0.5, 0.6) is 11.5 Å². The van der Waals surface area contributed by atoms with Crippen LogP contribution in [0.1, 0.15) is 18.0 Å². The zero-order valence-corrected chi connectivity index (χ0v) is 20.1. The molecule has 8 nitrogen and oxygen atoms in total. The number of methoxy groups -OCH3 is 1. The maximum Gasteiger partial charge on any atom is 0.326 e. The van der Waals surface area contributed by atoms with Crippen LogP contribution in [0, 0.1) is 17.7 Å². The maximum absolute atomic E-state index is 13.9. The standard InChI is InChI=1S/C25H25FN2O6S/c1-32-24(31)25(9-12-35-2)20-19(21(27-25)14-3-5-15(26)6-4-14)22(29)28(23(20)30)16-7-8-17-18(13-16)34-11-10-33-17/h3-8,13,19-21,27H,9-12H2,1-2H3/t19-,20+,21+,25+/m0/s1. The van der Waals surface area contributed by atoms with Crippen LogP contribution >= 0.6 is 11.8 Å². The van der Waals surface area contributed by atoms with Crippen molar-refractivity contribution >= 4 is 35.2 Å². The highest BCUT2D eigenvalue weighted by atomic mass is 32.2. The van der Waals surface area contributed by atoms with Crippen molar-refractivity contribution in [3.05, 3.63) is 53.8 Å². The fraction of sp³-hybridized carbons (Fsp3) is 0.400. The molecule has 10 heteroatoms. The number of hydrogen-bond acceptors (Lipinski definition) is 8. The Morgan fingerprint density at radius 1 is 1.14 bits per heavy atom. The lowest BCUT2D eigenvalue weighted by Gasteiger charge is -2.32. The van der Waals surface area contributed by atoms with E-state index in [9.17, 15) is 18.8 Å². The van der Waals surface area contributed by atoms with Crippen LogP contribution < -0.4 is 19.7 Å². The van der Waals surface area contributed by atoms with Gasteiger partial charge in [0.25, 0.3) is 0 Å². The molecule has 0 saturated carbocycles. The normalized spacial score (nSPS) is 27.2. The lowest BCUT2D eigenvalue weighted by atomic mass is 9.78. The van der Waals surface area contributed by atoms with E-state index < -0.39 is 47.0 Å². The molecule has 0 radical (unpaired) electrons. The van der Waals surface area contributed by atoms with Gasteiger partial charge in [-0.1, -0.05) is 12.1 Å². The average Bonchev–Trinajstić information content (AvgIpc) is 3.36. The molecule has 2 aromatic rings. The van der Waals surface area contributed by atoms with Gasteiger partial charge in [0.2, 0.25) is 11.8 Å². The van der Waals surface area contributed by atoms with Crippen molar-refractivity contribution < 1.29 is 33.0 Å². The number of anilines is 1. The number of carbonyl (C=O) groups excluding carboxylic acids is 3. The van der Waals surface area contributed by atoms with E-state index in [0.29, 0.717) is 41.7 Å². The quantitative estimate of drug-likeness (QED) is 0.478. The molecule has 5 rings (SSSR count).